The van der Waals surface area contributed by atoms with E-state index in [9.17, 15) is 14.0 Å². The van der Waals surface area contributed by atoms with Gasteiger partial charge in [0.05, 0.1) is 5.69 Å². The molecule has 5 nitrogen and oxygen atoms in total. The van der Waals surface area contributed by atoms with Crippen molar-refractivity contribution in [2.75, 3.05) is 36.4 Å². The molecule has 0 unspecified atom stereocenters. The third-order valence-corrected chi connectivity index (χ3v) is 4.50. The van der Waals surface area contributed by atoms with Gasteiger partial charge < -0.3 is 15.1 Å². The van der Waals surface area contributed by atoms with Crippen molar-refractivity contribution in [3.05, 3.63) is 59.9 Å². The highest BCUT2D eigenvalue weighted by molar-refractivity contribution is 5.96. The second-order valence-corrected chi connectivity index (χ2v) is 6.21. The molecular formula is C20H22FN3O2. The zero-order valence-corrected chi connectivity index (χ0v) is 14.7. The highest BCUT2D eigenvalue weighted by Crippen LogP contribution is 2.21. The van der Waals surface area contributed by atoms with Crippen molar-refractivity contribution < 1.29 is 14.0 Å². The summed E-state index contributed by atoms with van der Waals surface area (Å²) in [6.45, 7) is 4.06. The summed E-state index contributed by atoms with van der Waals surface area (Å²) in [5, 5.41) is 2.76. The van der Waals surface area contributed by atoms with Gasteiger partial charge in [-0.25, -0.2) is 4.39 Å². The molecule has 1 fully saturated rings. The van der Waals surface area contributed by atoms with Crippen LogP contribution >= 0.6 is 0 Å². The molecule has 0 aliphatic carbocycles. The SMILES string of the molecule is CCC(=O)Nc1ccc(C(=O)N2CCN(c3ccccc3F)CC2)cc1. The fraction of sp³-hybridized carbons (Fsp3) is 0.300. The monoisotopic (exact) mass is 355 g/mol. The van der Waals surface area contributed by atoms with Gasteiger partial charge in [0.1, 0.15) is 5.82 Å². The van der Waals surface area contributed by atoms with Crippen molar-refractivity contribution in [3.8, 4) is 0 Å². The number of piperazine rings is 1. The Labute approximate surface area is 152 Å². The maximum absolute atomic E-state index is 13.9. The topological polar surface area (TPSA) is 52.7 Å². The van der Waals surface area contributed by atoms with E-state index in [1.807, 2.05) is 11.0 Å². The molecule has 1 saturated heterocycles. The van der Waals surface area contributed by atoms with E-state index in [2.05, 4.69) is 5.32 Å². The normalized spacial score (nSPS) is 14.2. The Morgan fingerprint density at radius 1 is 1.00 bits per heavy atom. The van der Waals surface area contributed by atoms with Gasteiger partial charge in [-0.3, -0.25) is 9.59 Å². The largest absolute Gasteiger partial charge is 0.366 e. The zero-order valence-electron chi connectivity index (χ0n) is 14.7. The van der Waals surface area contributed by atoms with Crippen LogP contribution < -0.4 is 10.2 Å². The standard InChI is InChI=1S/C20H22FN3O2/c1-2-19(25)22-16-9-7-15(8-10-16)20(26)24-13-11-23(12-14-24)18-6-4-3-5-17(18)21/h3-10H,2,11-14H2,1H3,(H,22,25). The first-order chi connectivity index (χ1) is 12.6. The number of para-hydroxylation sites is 1. The van der Waals surface area contributed by atoms with E-state index < -0.39 is 0 Å². The Hall–Kier alpha value is -2.89. The Morgan fingerprint density at radius 2 is 1.65 bits per heavy atom. The number of benzene rings is 2. The van der Waals surface area contributed by atoms with Gasteiger partial charge >= 0.3 is 0 Å². The highest BCUT2D eigenvalue weighted by Gasteiger charge is 2.23. The van der Waals surface area contributed by atoms with Crippen LogP contribution in [0.5, 0.6) is 0 Å². The van der Waals surface area contributed by atoms with Gasteiger partial charge in [-0.05, 0) is 36.4 Å². The van der Waals surface area contributed by atoms with Crippen molar-refractivity contribution in [1.29, 1.82) is 0 Å². The van der Waals surface area contributed by atoms with E-state index in [4.69, 9.17) is 0 Å². The molecule has 0 radical (unpaired) electrons. The van der Waals surface area contributed by atoms with Crippen molar-refractivity contribution >= 4 is 23.2 Å². The van der Waals surface area contributed by atoms with Crippen molar-refractivity contribution in [2.45, 2.75) is 13.3 Å². The van der Waals surface area contributed by atoms with Gasteiger partial charge in [-0.15, -0.1) is 0 Å². The predicted molar refractivity (Wildman–Crippen MR) is 99.9 cm³/mol. The Bertz CT molecular complexity index is 784. The molecule has 1 aliphatic heterocycles. The average Bonchev–Trinajstić information content (AvgIpc) is 2.68. The minimum absolute atomic E-state index is 0.0495. The first kappa shape index (κ1) is 17.9. The van der Waals surface area contributed by atoms with Crippen LogP contribution in [0.25, 0.3) is 0 Å². The van der Waals surface area contributed by atoms with Crippen LogP contribution in [0.2, 0.25) is 0 Å². The fourth-order valence-electron chi connectivity index (χ4n) is 2.99. The minimum Gasteiger partial charge on any atom is -0.366 e. The highest BCUT2D eigenvalue weighted by atomic mass is 19.1. The van der Waals surface area contributed by atoms with E-state index in [1.165, 1.54) is 6.07 Å². The molecular weight excluding hydrogens is 333 g/mol. The van der Waals surface area contributed by atoms with Gasteiger partial charge in [0.15, 0.2) is 0 Å². The van der Waals surface area contributed by atoms with E-state index >= 15 is 0 Å². The van der Waals surface area contributed by atoms with Crippen molar-refractivity contribution in [3.63, 3.8) is 0 Å². The summed E-state index contributed by atoms with van der Waals surface area (Å²) < 4.78 is 13.9. The third kappa shape index (κ3) is 4.02. The van der Waals surface area contributed by atoms with Crippen LogP contribution in [0.15, 0.2) is 48.5 Å². The summed E-state index contributed by atoms with van der Waals surface area (Å²) in [6.07, 6.45) is 0.410. The van der Waals surface area contributed by atoms with Crippen LogP contribution in [0.4, 0.5) is 15.8 Å². The van der Waals surface area contributed by atoms with Crippen LogP contribution in [0.3, 0.4) is 0 Å². The van der Waals surface area contributed by atoms with Gasteiger partial charge in [-0.2, -0.15) is 0 Å². The average molecular weight is 355 g/mol. The second kappa shape index (κ2) is 7.99. The molecule has 0 aromatic heterocycles. The molecule has 0 spiro atoms. The summed E-state index contributed by atoms with van der Waals surface area (Å²) in [6, 6.07) is 13.6. The number of hydrogen-bond acceptors (Lipinski definition) is 3. The summed E-state index contributed by atoms with van der Waals surface area (Å²) in [7, 11) is 0. The molecule has 0 saturated carbocycles. The predicted octanol–water partition coefficient (Wildman–Crippen LogP) is 3.14. The third-order valence-electron chi connectivity index (χ3n) is 4.50. The van der Waals surface area contributed by atoms with E-state index in [0.29, 0.717) is 49.5 Å². The lowest BCUT2D eigenvalue weighted by molar-refractivity contribution is -0.115. The zero-order chi connectivity index (χ0) is 18.5. The van der Waals surface area contributed by atoms with Crippen LogP contribution in [-0.4, -0.2) is 42.9 Å². The first-order valence-electron chi connectivity index (χ1n) is 8.77. The molecule has 1 heterocycles. The smallest absolute Gasteiger partial charge is 0.253 e. The Morgan fingerprint density at radius 3 is 2.27 bits per heavy atom. The van der Waals surface area contributed by atoms with E-state index in [1.54, 1.807) is 48.2 Å². The van der Waals surface area contributed by atoms with Crippen molar-refractivity contribution in [1.82, 2.24) is 4.90 Å². The molecule has 136 valence electrons. The molecule has 1 N–H and O–H groups in total. The number of rotatable bonds is 4. The molecule has 2 amide bonds. The first-order valence-corrected chi connectivity index (χ1v) is 8.77. The second-order valence-electron chi connectivity index (χ2n) is 6.21. The number of carbonyl (C=O) groups excluding carboxylic acids is 2. The molecule has 1 aliphatic rings. The quantitative estimate of drug-likeness (QED) is 0.917. The minimum atomic E-state index is -0.239. The lowest BCUT2D eigenvalue weighted by atomic mass is 10.1. The summed E-state index contributed by atoms with van der Waals surface area (Å²) in [4.78, 5) is 27.8. The number of nitrogens with zero attached hydrogens (tertiary/aromatic N) is 2. The molecule has 6 heteroatoms. The Balaban J connectivity index is 1.60. The van der Waals surface area contributed by atoms with Crippen LogP contribution in [-0.2, 0) is 4.79 Å². The summed E-state index contributed by atoms with van der Waals surface area (Å²) in [5.41, 5.74) is 1.84. The van der Waals surface area contributed by atoms with Gasteiger partial charge in [-0.1, -0.05) is 19.1 Å². The molecule has 2 aromatic rings. The molecule has 3 rings (SSSR count). The Kier molecular flexibility index (Phi) is 5.51. The summed E-state index contributed by atoms with van der Waals surface area (Å²) in [5.74, 6) is -0.350. The van der Waals surface area contributed by atoms with Gasteiger partial charge in [0, 0.05) is 43.9 Å². The maximum atomic E-state index is 13.9. The van der Waals surface area contributed by atoms with Crippen LogP contribution in [0.1, 0.15) is 23.7 Å². The summed E-state index contributed by atoms with van der Waals surface area (Å²) >= 11 is 0. The maximum Gasteiger partial charge on any atom is 0.253 e. The molecule has 0 atom stereocenters. The van der Waals surface area contributed by atoms with E-state index in [-0.39, 0.29) is 17.6 Å². The number of anilines is 2. The number of hydrogen-bond donors (Lipinski definition) is 1. The van der Waals surface area contributed by atoms with Crippen LogP contribution in [0, 0.1) is 5.82 Å². The fourth-order valence-corrected chi connectivity index (χ4v) is 2.99. The van der Waals surface area contributed by atoms with Gasteiger partial charge in [0.2, 0.25) is 5.91 Å². The van der Waals surface area contributed by atoms with E-state index in [0.717, 1.165) is 0 Å². The lowest BCUT2D eigenvalue weighted by Crippen LogP contribution is -2.49. The molecule has 26 heavy (non-hydrogen) atoms. The number of halogens is 1. The number of nitrogens with one attached hydrogen (secondary N) is 1. The molecule has 2 aromatic carbocycles. The number of carbonyl (C=O) groups is 2. The lowest BCUT2D eigenvalue weighted by Gasteiger charge is -2.36. The van der Waals surface area contributed by atoms with Gasteiger partial charge in [0.25, 0.3) is 5.91 Å². The molecule has 0 bridgehead atoms. The number of amides is 2. The van der Waals surface area contributed by atoms with Crippen molar-refractivity contribution in [2.24, 2.45) is 0 Å².